The molecule has 2 heterocycles. The van der Waals surface area contributed by atoms with E-state index in [1.54, 1.807) is 25.3 Å². The fourth-order valence-corrected chi connectivity index (χ4v) is 2.78. The molecule has 0 radical (unpaired) electrons. The lowest BCUT2D eigenvalue weighted by molar-refractivity contribution is -0.143. The Morgan fingerprint density at radius 1 is 1.27 bits per heavy atom. The molecule has 0 aliphatic carbocycles. The molecule has 0 bridgehead atoms. The van der Waals surface area contributed by atoms with Crippen molar-refractivity contribution >= 4 is 29.0 Å². The zero-order chi connectivity index (χ0) is 18.5. The highest BCUT2D eigenvalue weighted by Gasteiger charge is 2.15. The maximum absolute atomic E-state index is 11.9. The van der Waals surface area contributed by atoms with Gasteiger partial charge in [-0.05, 0) is 32.0 Å². The number of benzene rings is 1. The molecule has 7 nitrogen and oxygen atoms in total. The van der Waals surface area contributed by atoms with Crippen LogP contribution in [0.4, 0.5) is 0 Å². The molecule has 0 atom stereocenters. The van der Waals surface area contributed by atoms with Crippen LogP contribution in [0.1, 0.15) is 28.7 Å². The number of fused-ring (bicyclic) bond motifs is 1. The zero-order valence-electron chi connectivity index (χ0n) is 14.6. The van der Waals surface area contributed by atoms with Crippen LogP contribution < -0.4 is 5.43 Å². The summed E-state index contributed by atoms with van der Waals surface area (Å²) >= 11 is 0. The molecule has 1 aromatic carbocycles. The SMILES string of the molecule is CCOC(=O)Cn1c(C)c(/C=N\NC(=O)c2ccco2)c2ccccc21. The first-order chi connectivity index (χ1) is 12.6. The highest BCUT2D eigenvalue weighted by atomic mass is 16.5. The number of carbonyl (C=O) groups excluding carboxylic acids is 2. The fraction of sp³-hybridized carbons (Fsp3) is 0.211. The molecule has 1 N–H and O–H groups in total. The van der Waals surface area contributed by atoms with E-state index in [0.717, 1.165) is 22.2 Å². The van der Waals surface area contributed by atoms with E-state index in [-0.39, 0.29) is 18.3 Å². The largest absolute Gasteiger partial charge is 0.465 e. The second kappa shape index (κ2) is 7.69. The second-order valence-electron chi connectivity index (χ2n) is 5.58. The number of hydrazone groups is 1. The van der Waals surface area contributed by atoms with Crippen LogP contribution in [0, 0.1) is 6.92 Å². The van der Waals surface area contributed by atoms with Crippen molar-refractivity contribution in [1.29, 1.82) is 0 Å². The van der Waals surface area contributed by atoms with E-state index in [1.807, 2.05) is 35.8 Å². The predicted octanol–water partition coefficient (Wildman–Crippen LogP) is 2.87. The highest BCUT2D eigenvalue weighted by Crippen LogP contribution is 2.24. The number of hydrogen-bond acceptors (Lipinski definition) is 5. The first-order valence-electron chi connectivity index (χ1n) is 8.22. The van der Waals surface area contributed by atoms with Crippen LogP contribution in [0.3, 0.4) is 0 Å². The molecule has 3 rings (SSSR count). The van der Waals surface area contributed by atoms with Crippen LogP contribution >= 0.6 is 0 Å². The van der Waals surface area contributed by atoms with Crippen LogP contribution in [0.25, 0.3) is 10.9 Å². The highest BCUT2D eigenvalue weighted by molar-refractivity contribution is 6.02. The monoisotopic (exact) mass is 353 g/mol. The number of carbonyl (C=O) groups is 2. The Kier molecular flexibility index (Phi) is 5.17. The average Bonchev–Trinajstić information content (AvgIpc) is 3.25. The molecular weight excluding hydrogens is 334 g/mol. The number of para-hydroxylation sites is 1. The van der Waals surface area contributed by atoms with E-state index >= 15 is 0 Å². The lowest BCUT2D eigenvalue weighted by Gasteiger charge is -2.07. The third kappa shape index (κ3) is 3.51. The number of furan rings is 1. The summed E-state index contributed by atoms with van der Waals surface area (Å²) < 4.78 is 12.0. The van der Waals surface area contributed by atoms with Gasteiger partial charge < -0.3 is 13.7 Å². The molecule has 0 saturated heterocycles. The van der Waals surface area contributed by atoms with Crippen molar-refractivity contribution in [3.05, 3.63) is 59.7 Å². The zero-order valence-corrected chi connectivity index (χ0v) is 14.6. The molecule has 0 aliphatic heterocycles. The second-order valence-corrected chi connectivity index (χ2v) is 5.58. The summed E-state index contributed by atoms with van der Waals surface area (Å²) in [7, 11) is 0. The van der Waals surface area contributed by atoms with Crippen LogP contribution in [0.15, 0.2) is 52.2 Å². The number of nitrogens with one attached hydrogen (secondary N) is 1. The molecular formula is C19H19N3O4. The molecule has 1 amide bonds. The van der Waals surface area contributed by atoms with Crippen molar-refractivity contribution < 1.29 is 18.7 Å². The fourth-order valence-electron chi connectivity index (χ4n) is 2.78. The molecule has 0 unspecified atom stereocenters. The Balaban J connectivity index is 1.88. The minimum atomic E-state index is -0.431. The van der Waals surface area contributed by atoms with Crippen LogP contribution in [0.2, 0.25) is 0 Å². The lowest BCUT2D eigenvalue weighted by atomic mass is 10.1. The van der Waals surface area contributed by atoms with Crippen molar-refractivity contribution in [3.63, 3.8) is 0 Å². The molecule has 134 valence electrons. The number of ether oxygens (including phenoxy) is 1. The van der Waals surface area contributed by atoms with E-state index in [0.29, 0.717) is 6.61 Å². The average molecular weight is 353 g/mol. The van der Waals surface area contributed by atoms with Crippen molar-refractivity contribution in [2.75, 3.05) is 6.61 Å². The van der Waals surface area contributed by atoms with Crippen LogP contribution in [0.5, 0.6) is 0 Å². The summed E-state index contributed by atoms with van der Waals surface area (Å²) in [4.78, 5) is 23.8. The summed E-state index contributed by atoms with van der Waals surface area (Å²) in [6.07, 6.45) is 2.99. The van der Waals surface area contributed by atoms with Crippen LogP contribution in [-0.2, 0) is 16.1 Å². The van der Waals surface area contributed by atoms with Gasteiger partial charge in [0.1, 0.15) is 6.54 Å². The Morgan fingerprint density at radius 2 is 2.08 bits per heavy atom. The van der Waals surface area contributed by atoms with E-state index in [4.69, 9.17) is 9.15 Å². The molecule has 3 aromatic rings. The molecule has 7 heteroatoms. The molecule has 26 heavy (non-hydrogen) atoms. The van der Waals surface area contributed by atoms with Gasteiger partial charge in [-0.15, -0.1) is 0 Å². The van der Waals surface area contributed by atoms with E-state index in [2.05, 4.69) is 10.5 Å². The lowest BCUT2D eigenvalue weighted by Crippen LogP contribution is -2.17. The van der Waals surface area contributed by atoms with Crippen molar-refractivity contribution in [2.45, 2.75) is 20.4 Å². The van der Waals surface area contributed by atoms with Gasteiger partial charge in [0, 0.05) is 22.2 Å². The standard InChI is InChI=1S/C19H19N3O4/c1-3-25-18(23)12-22-13(2)15(14-7-4-5-8-16(14)22)11-20-21-19(24)17-9-6-10-26-17/h4-11H,3,12H2,1-2H3,(H,21,24)/b20-11-. The van der Waals surface area contributed by atoms with Crippen molar-refractivity contribution in [1.82, 2.24) is 9.99 Å². The van der Waals surface area contributed by atoms with Gasteiger partial charge in [0.25, 0.3) is 0 Å². The summed E-state index contributed by atoms with van der Waals surface area (Å²) in [5.74, 6) is -0.547. The number of rotatable bonds is 6. The number of hydrogen-bond donors (Lipinski definition) is 1. The normalized spacial score (nSPS) is 11.2. The number of aromatic nitrogens is 1. The number of esters is 1. The van der Waals surface area contributed by atoms with E-state index in [1.165, 1.54) is 6.26 Å². The molecule has 0 fully saturated rings. The topological polar surface area (TPSA) is 85.8 Å². The first-order valence-corrected chi connectivity index (χ1v) is 8.22. The molecule has 0 aliphatic rings. The third-order valence-electron chi connectivity index (χ3n) is 3.98. The van der Waals surface area contributed by atoms with E-state index < -0.39 is 5.91 Å². The van der Waals surface area contributed by atoms with Gasteiger partial charge in [-0.2, -0.15) is 5.10 Å². The Morgan fingerprint density at radius 3 is 2.81 bits per heavy atom. The summed E-state index contributed by atoms with van der Waals surface area (Å²) in [5, 5.41) is 4.96. The molecule has 0 spiro atoms. The Bertz CT molecular complexity index is 955. The summed E-state index contributed by atoms with van der Waals surface area (Å²) in [6.45, 7) is 4.13. The van der Waals surface area contributed by atoms with Crippen molar-refractivity contribution in [3.8, 4) is 0 Å². The smallest absolute Gasteiger partial charge is 0.325 e. The first kappa shape index (κ1) is 17.5. The predicted molar refractivity (Wildman–Crippen MR) is 97.1 cm³/mol. The maximum atomic E-state index is 11.9. The van der Waals surface area contributed by atoms with Crippen LogP contribution in [-0.4, -0.2) is 29.3 Å². The third-order valence-corrected chi connectivity index (χ3v) is 3.98. The molecule has 0 saturated carbocycles. The van der Waals surface area contributed by atoms with Gasteiger partial charge in [0.05, 0.1) is 19.1 Å². The minimum Gasteiger partial charge on any atom is -0.465 e. The van der Waals surface area contributed by atoms with Gasteiger partial charge in [-0.1, -0.05) is 18.2 Å². The quantitative estimate of drug-likeness (QED) is 0.419. The van der Waals surface area contributed by atoms with Gasteiger partial charge >= 0.3 is 11.9 Å². The summed E-state index contributed by atoms with van der Waals surface area (Å²) in [5.41, 5.74) is 5.01. The number of amides is 1. The maximum Gasteiger partial charge on any atom is 0.325 e. The Labute approximate surface area is 150 Å². The van der Waals surface area contributed by atoms with Gasteiger partial charge in [-0.25, -0.2) is 5.43 Å². The van der Waals surface area contributed by atoms with Gasteiger partial charge in [-0.3, -0.25) is 9.59 Å². The Hall–Kier alpha value is -3.35. The minimum absolute atomic E-state index is 0.118. The number of nitrogens with zero attached hydrogens (tertiary/aromatic N) is 2. The molecule has 2 aromatic heterocycles. The van der Waals surface area contributed by atoms with E-state index in [9.17, 15) is 9.59 Å². The van der Waals surface area contributed by atoms with Gasteiger partial charge in [0.2, 0.25) is 0 Å². The van der Waals surface area contributed by atoms with Crippen molar-refractivity contribution in [2.24, 2.45) is 5.10 Å². The van der Waals surface area contributed by atoms with Gasteiger partial charge in [0.15, 0.2) is 5.76 Å². The summed E-state index contributed by atoms with van der Waals surface area (Å²) in [6, 6.07) is 10.9.